The van der Waals surface area contributed by atoms with Crippen molar-refractivity contribution in [3.8, 4) is 0 Å². The number of ether oxygens (including phenoxy) is 6. The highest BCUT2D eigenvalue weighted by Gasteiger charge is 2.53. The van der Waals surface area contributed by atoms with Crippen molar-refractivity contribution in [2.24, 2.45) is 0 Å². The van der Waals surface area contributed by atoms with E-state index >= 15 is 0 Å². The standard InChI is InChI=1S/C59H111NO18/c1-3-5-7-9-11-13-15-17-18-19-20-21-22-23-24-25-27-29-31-33-35-37-47(65)60-42(43(64)36-34-32-30-28-26-16-14-12-10-8-6-4-2)41-73-57-53(71)50(68)55(45(39-62)75-57)78-59-54(72)51(69)56(46(40-63)76-59)77-58-52(70)49(67)48(66)44(38-61)74-58/h19-20,42-46,48-59,61-64,66-72H,3-18,21-41H2,1-2H3,(H,60,65)/b20-19-. The van der Waals surface area contributed by atoms with Crippen molar-refractivity contribution in [2.75, 3.05) is 26.4 Å². The van der Waals surface area contributed by atoms with Gasteiger partial charge in [0.05, 0.1) is 38.6 Å². The molecule has 17 atom stereocenters. The van der Waals surface area contributed by atoms with Gasteiger partial charge >= 0.3 is 0 Å². The van der Waals surface area contributed by atoms with Crippen LogP contribution in [0.5, 0.6) is 0 Å². The number of carbonyl (C=O) groups is 1. The topological polar surface area (TPSA) is 307 Å². The lowest BCUT2D eigenvalue weighted by Crippen LogP contribution is -2.66. The van der Waals surface area contributed by atoms with Crippen LogP contribution in [-0.4, -0.2) is 193 Å². The Morgan fingerprint density at radius 1 is 0.449 bits per heavy atom. The summed E-state index contributed by atoms with van der Waals surface area (Å²) < 4.78 is 34.3. The minimum atomic E-state index is -1.97. The molecule has 0 aliphatic carbocycles. The first kappa shape index (κ1) is 70.8. The number of nitrogens with one attached hydrogen (secondary N) is 1. The summed E-state index contributed by atoms with van der Waals surface area (Å²) in [6, 6.07) is -0.883. The lowest BCUT2D eigenvalue weighted by Gasteiger charge is -2.48. The molecule has 460 valence electrons. The Morgan fingerprint density at radius 2 is 0.808 bits per heavy atom. The molecule has 0 bridgehead atoms. The fourth-order valence-corrected chi connectivity index (χ4v) is 10.7. The van der Waals surface area contributed by atoms with Crippen LogP contribution in [0.25, 0.3) is 0 Å². The van der Waals surface area contributed by atoms with Crippen LogP contribution >= 0.6 is 0 Å². The molecule has 0 radical (unpaired) electrons. The van der Waals surface area contributed by atoms with Gasteiger partial charge in [-0.3, -0.25) is 4.79 Å². The lowest BCUT2D eigenvalue weighted by atomic mass is 9.96. The summed E-state index contributed by atoms with van der Waals surface area (Å²) in [6.45, 7) is 1.79. The minimum absolute atomic E-state index is 0.244. The second-order valence-corrected chi connectivity index (χ2v) is 22.5. The van der Waals surface area contributed by atoms with Crippen LogP contribution in [0, 0.1) is 0 Å². The van der Waals surface area contributed by atoms with Gasteiger partial charge in [0.15, 0.2) is 18.9 Å². The van der Waals surface area contributed by atoms with E-state index in [-0.39, 0.29) is 18.9 Å². The van der Waals surface area contributed by atoms with Crippen LogP contribution in [0.4, 0.5) is 0 Å². The first-order valence-corrected chi connectivity index (χ1v) is 30.9. The summed E-state index contributed by atoms with van der Waals surface area (Å²) in [5, 5.41) is 120. The normalized spacial score (nSPS) is 30.5. The van der Waals surface area contributed by atoms with Gasteiger partial charge in [0.2, 0.25) is 5.91 Å². The maximum Gasteiger partial charge on any atom is 0.220 e. The molecule has 0 aromatic heterocycles. The molecule has 19 nitrogen and oxygen atoms in total. The predicted molar refractivity (Wildman–Crippen MR) is 296 cm³/mol. The monoisotopic (exact) mass is 1120 g/mol. The van der Waals surface area contributed by atoms with Crippen LogP contribution < -0.4 is 5.32 Å². The average Bonchev–Trinajstić information content (AvgIpc) is 3.46. The van der Waals surface area contributed by atoms with Gasteiger partial charge in [0.25, 0.3) is 0 Å². The van der Waals surface area contributed by atoms with E-state index in [1.54, 1.807) is 0 Å². The Morgan fingerprint density at radius 3 is 1.24 bits per heavy atom. The van der Waals surface area contributed by atoms with Gasteiger partial charge in [-0.25, -0.2) is 0 Å². The Balaban J connectivity index is 1.46. The summed E-state index contributed by atoms with van der Waals surface area (Å²) in [5.41, 5.74) is 0. The maximum atomic E-state index is 13.3. The highest BCUT2D eigenvalue weighted by atomic mass is 16.8. The molecule has 3 aliphatic heterocycles. The summed E-state index contributed by atoms with van der Waals surface area (Å²) in [6.07, 6.45) is 15.8. The number of rotatable bonds is 46. The van der Waals surface area contributed by atoms with Crippen molar-refractivity contribution in [1.82, 2.24) is 5.32 Å². The van der Waals surface area contributed by atoms with E-state index in [0.29, 0.717) is 12.8 Å². The minimum Gasteiger partial charge on any atom is -0.394 e. The Labute approximate surface area is 467 Å². The molecule has 0 aromatic carbocycles. The van der Waals surface area contributed by atoms with E-state index < -0.39 is 124 Å². The SMILES string of the molecule is CCCCCCCCCC/C=C\CCCCCCCCCCCC(=O)NC(COC1OC(CO)C(OC2OC(CO)C(OC3OC(CO)C(O)C(O)C3O)C(O)C2O)C(O)C1O)C(O)CCCCCCCCCCCCCC. The van der Waals surface area contributed by atoms with E-state index in [1.165, 1.54) is 141 Å². The van der Waals surface area contributed by atoms with Crippen LogP contribution in [0.15, 0.2) is 12.2 Å². The molecule has 0 aromatic rings. The first-order valence-electron chi connectivity index (χ1n) is 30.9. The fraction of sp³-hybridized carbons (Fsp3) is 0.949. The molecule has 0 saturated carbocycles. The second kappa shape index (κ2) is 43.2. The third kappa shape index (κ3) is 26.8. The zero-order valence-corrected chi connectivity index (χ0v) is 47.9. The molecular weight excluding hydrogens is 1010 g/mol. The molecule has 3 aliphatic rings. The van der Waals surface area contributed by atoms with E-state index in [0.717, 1.165) is 51.4 Å². The van der Waals surface area contributed by atoms with Crippen molar-refractivity contribution in [3.63, 3.8) is 0 Å². The van der Waals surface area contributed by atoms with Gasteiger partial charge in [-0.15, -0.1) is 0 Å². The van der Waals surface area contributed by atoms with Crippen molar-refractivity contribution in [3.05, 3.63) is 12.2 Å². The average molecular weight is 1120 g/mol. The molecule has 3 saturated heterocycles. The molecule has 3 rings (SSSR count). The number of carbonyl (C=O) groups excluding carboxylic acids is 1. The number of unbranched alkanes of at least 4 members (excludes halogenated alkanes) is 28. The van der Waals surface area contributed by atoms with Crippen molar-refractivity contribution in [1.29, 1.82) is 0 Å². The maximum absolute atomic E-state index is 13.3. The van der Waals surface area contributed by atoms with Crippen LogP contribution in [-0.2, 0) is 33.2 Å². The zero-order valence-electron chi connectivity index (χ0n) is 47.9. The third-order valence-electron chi connectivity index (χ3n) is 15.8. The summed E-state index contributed by atoms with van der Waals surface area (Å²) in [4.78, 5) is 13.3. The van der Waals surface area contributed by atoms with Crippen molar-refractivity contribution < 1.29 is 89.4 Å². The predicted octanol–water partition coefficient (Wildman–Crippen LogP) is 5.77. The molecular formula is C59H111NO18. The Bertz CT molecular complexity index is 1480. The first-order chi connectivity index (χ1) is 37.8. The second-order valence-electron chi connectivity index (χ2n) is 22.5. The van der Waals surface area contributed by atoms with Crippen molar-refractivity contribution >= 4 is 5.91 Å². The largest absolute Gasteiger partial charge is 0.394 e. The summed E-state index contributed by atoms with van der Waals surface area (Å²) in [5.74, 6) is -0.244. The third-order valence-corrected chi connectivity index (χ3v) is 15.8. The number of allylic oxidation sites excluding steroid dienone is 2. The van der Waals surface area contributed by atoms with Gasteiger partial charge in [-0.2, -0.15) is 0 Å². The highest BCUT2D eigenvalue weighted by molar-refractivity contribution is 5.76. The molecule has 0 spiro atoms. The lowest BCUT2D eigenvalue weighted by molar-refractivity contribution is -0.379. The molecule has 12 N–H and O–H groups in total. The smallest absolute Gasteiger partial charge is 0.220 e. The van der Waals surface area contributed by atoms with Gasteiger partial charge in [-0.1, -0.05) is 193 Å². The number of aliphatic hydroxyl groups excluding tert-OH is 11. The molecule has 19 heteroatoms. The molecule has 3 heterocycles. The Kier molecular flexibility index (Phi) is 39.2. The number of hydrogen-bond acceptors (Lipinski definition) is 18. The van der Waals surface area contributed by atoms with Gasteiger partial charge in [0, 0.05) is 6.42 Å². The molecule has 3 fully saturated rings. The number of aliphatic hydroxyl groups is 11. The molecule has 1 amide bonds. The zero-order chi connectivity index (χ0) is 56.9. The van der Waals surface area contributed by atoms with Gasteiger partial charge in [0.1, 0.15) is 73.2 Å². The number of amides is 1. The highest BCUT2D eigenvalue weighted by Crippen LogP contribution is 2.33. The van der Waals surface area contributed by atoms with E-state index in [9.17, 15) is 61.0 Å². The number of hydrogen-bond donors (Lipinski definition) is 12. The van der Waals surface area contributed by atoms with Crippen LogP contribution in [0.1, 0.15) is 226 Å². The summed E-state index contributed by atoms with van der Waals surface area (Å²) >= 11 is 0. The van der Waals surface area contributed by atoms with E-state index in [2.05, 4.69) is 31.3 Å². The summed E-state index contributed by atoms with van der Waals surface area (Å²) in [7, 11) is 0. The van der Waals surface area contributed by atoms with Crippen LogP contribution in [0.3, 0.4) is 0 Å². The van der Waals surface area contributed by atoms with Gasteiger partial charge in [-0.05, 0) is 38.5 Å². The van der Waals surface area contributed by atoms with Crippen molar-refractivity contribution in [2.45, 2.75) is 330 Å². The van der Waals surface area contributed by atoms with E-state index in [1.807, 2.05) is 0 Å². The van der Waals surface area contributed by atoms with Gasteiger partial charge < -0.3 is 89.9 Å². The molecule has 78 heavy (non-hydrogen) atoms. The quantitative estimate of drug-likeness (QED) is 0.0254. The molecule has 17 unspecified atom stereocenters. The fourth-order valence-electron chi connectivity index (χ4n) is 10.7. The van der Waals surface area contributed by atoms with E-state index in [4.69, 9.17) is 28.4 Å². The van der Waals surface area contributed by atoms with Crippen LogP contribution in [0.2, 0.25) is 0 Å². The Hall–Kier alpha value is -1.47.